The molecule has 0 aliphatic carbocycles. The molecule has 5 nitrogen and oxygen atoms in total. The Labute approximate surface area is 128 Å². The third-order valence-electron chi connectivity index (χ3n) is 4.83. The van der Waals surface area contributed by atoms with Gasteiger partial charge in [-0.3, -0.25) is 14.5 Å². The second kappa shape index (κ2) is 7.78. The maximum absolute atomic E-state index is 12.4. The number of hydrogen-bond donors (Lipinski definition) is 0. The van der Waals surface area contributed by atoms with Crippen LogP contribution in [0.4, 0.5) is 0 Å². The first-order valence-electron chi connectivity index (χ1n) is 8.44. The van der Waals surface area contributed by atoms with E-state index in [0.717, 1.165) is 65.0 Å². The van der Waals surface area contributed by atoms with Crippen molar-refractivity contribution in [1.82, 2.24) is 14.7 Å². The van der Waals surface area contributed by atoms with E-state index in [4.69, 9.17) is 0 Å². The van der Waals surface area contributed by atoms with Crippen molar-refractivity contribution in [1.29, 1.82) is 0 Å². The summed E-state index contributed by atoms with van der Waals surface area (Å²) < 4.78 is 0. The van der Waals surface area contributed by atoms with Crippen LogP contribution in [0.5, 0.6) is 0 Å². The first kappa shape index (κ1) is 16.3. The zero-order chi connectivity index (χ0) is 15.2. The number of hydrogen-bond acceptors (Lipinski definition) is 3. The number of likely N-dealkylation sites (N-methyl/N-ethyl adjacent to an activating group) is 1. The fourth-order valence-electron chi connectivity index (χ4n) is 3.40. The Kier molecular flexibility index (Phi) is 6.03. The fraction of sp³-hybridized carbons (Fsp3) is 0.875. The summed E-state index contributed by atoms with van der Waals surface area (Å²) in [4.78, 5) is 30.6. The van der Waals surface area contributed by atoms with Gasteiger partial charge in [0.1, 0.15) is 0 Å². The topological polar surface area (TPSA) is 43.9 Å². The van der Waals surface area contributed by atoms with E-state index in [1.807, 2.05) is 23.6 Å². The number of likely N-dealkylation sites (tertiary alicyclic amines) is 2. The molecule has 0 aromatic carbocycles. The van der Waals surface area contributed by atoms with Crippen molar-refractivity contribution in [3.63, 3.8) is 0 Å². The van der Waals surface area contributed by atoms with Crippen molar-refractivity contribution >= 4 is 11.8 Å². The average molecular weight is 295 g/mol. The Morgan fingerprint density at radius 1 is 1.00 bits per heavy atom. The number of nitrogens with zero attached hydrogens (tertiary/aromatic N) is 3. The Morgan fingerprint density at radius 3 is 2.10 bits per heavy atom. The maximum atomic E-state index is 12.4. The summed E-state index contributed by atoms with van der Waals surface area (Å²) in [5.74, 6) is 0.745. The van der Waals surface area contributed by atoms with Crippen LogP contribution in [-0.2, 0) is 9.59 Å². The molecule has 21 heavy (non-hydrogen) atoms. The Balaban J connectivity index is 1.75. The van der Waals surface area contributed by atoms with Gasteiger partial charge in [-0.1, -0.05) is 0 Å². The average Bonchev–Trinajstić information content (AvgIpc) is 3.03. The molecule has 0 spiro atoms. The van der Waals surface area contributed by atoms with Gasteiger partial charge in [0.25, 0.3) is 0 Å². The molecule has 0 radical (unpaired) electrons. The van der Waals surface area contributed by atoms with Crippen LogP contribution in [0.25, 0.3) is 0 Å². The molecule has 0 atom stereocenters. The van der Waals surface area contributed by atoms with Crippen LogP contribution in [0.15, 0.2) is 0 Å². The monoisotopic (exact) mass is 295 g/mol. The van der Waals surface area contributed by atoms with Crippen molar-refractivity contribution in [3.05, 3.63) is 0 Å². The summed E-state index contributed by atoms with van der Waals surface area (Å²) >= 11 is 0. The van der Waals surface area contributed by atoms with Gasteiger partial charge in [0.05, 0.1) is 6.54 Å². The molecule has 2 saturated heterocycles. The van der Waals surface area contributed by atoms with E-state index < -0.39 is 0 Å². The van der Waals surface area contributed by atoms with Crippen LogP contribution in [-0.4, -0.2) is 72.3 Å². The van der Waals surface area contributed by atoms with Gasteiger partial charge in [0, 0.05) is 32.1 Å². The highest BCUT2D eigenvalue weighted by atomic mass is 16.2. The number of piperidine rings is 1. The summed E-state index contributed by atoms with van der Waals surface area (Å²) in [6.07, 6.45) is 4.12. The van der Waals surface area contributed by atoms with Gasteiger partial charge in [-0.05, 0) is 52.6 Å². The minimum Gasteiger partial charge on any atom is -0.342 e. The predicted octanol–water partition coefficient (Wildman–Crippen LogP) is 1.19. The van der Waals surface area contributed by atoms with Crippen LogP contribution < -0.4 is 0 Å². The lowest BCUT2D eigenvalue weighted by Crippen LogP contribution is -2.46. The van der Waals surface area contributed by atoms with Gasteiger partial charge in [-0.25, -0.2) is 0 Å². The second-order valence-corrected chi connectivity index (χ2v) is 6.15. The summed E-state index contributed by atoms with van der Waals surface area (Å²) in [5.41, 5.74) is 0. The summed E-state index contributed by atoms with van der Waals surface area (Å²) in [7, 11) is 0. The molecule has 0 aromatic rings. The van der Waals surface area contributed by atoms with Crippen LogP contribution in [0.1, 0.15) is 39.5 Å². The van der Waals surface area contributed by atoms with Crippen molar-refractivity contribution in [2.75, 3.05) is 45.8 Å². The molecule has 2 heterocycles. The lowest BCUT2D eigenvalue weighted by Gasteiger charge is -2.33. The van der Waals surface area contributed by atoms with E-state index in [2.05, 4.69) is 4.90 Å². The van der Waals surface area contributed by atoms with Crippen LogP contribution in [0, 0.1) is 5.92 Å². The molecule has 120 valence electrons. The summed E-state index contributed by atoms with van der Waals surface area (Å²) in [6, 6.07) is 0. The normalized spacial score (nSPS) is 20.8. The van der Waals surface area contributed by atoms with E-state index >= 15 is 0 Å². The molecule has 2 fully saturated rings. The molecule has 0 aromatic heterocycles. The first-order chi connectivity index (χ1) is 10.2. The zero-order valence-electron chi connectivity index (χ0n) is 13.5. The molecule has 0 N–H and O–H groups in total. The molecular formula is C16H29N3O2. The highest BCUT2D eigenvalue weighted by Crippen LogP contribution is 2.22. The first-order valence-corrected chi connectivity index (χ1v) is 8.44. The van der Waals surface area contributed by atoms with Crippen molar-refractivity contribution in [2.45, 2.75) is 39.5 Å². The maximum Gasteiger partial charge on any atom is 0.236 e. The Morgan fingerprint density at radius 2 is 1.57 bits per heavy atom. The highest BCUT2D eigenvalue weighted by Gasteiger charge is 2.30. The fourth-order valence-corrected chi connectivity index (χ4v) is 3.40. The molecule has 0 bridgehead atoms. The van der Waals surface area contributed by atoms with Crippen LogP contribution in [0.3, 0.4) is 0 Å². The molecule has 2 rings (SSSR count). The molecule has 2 aliphatic rings. The van der Waals surface area contributed by atoms with Gasteiger partial charge >= 0.3 is 0 Å². The quantitative estimate of drug-likeness (QED) is 0.765. The van der Waals surface area contributed by atoms with Gasteiger partial charge in [-0.15, -0.1) is 0 Å². The standard InChI is InChI=1S/C16H29N3O2/c1-3-18(4-2)15(20)13-17-11-7-14(8-12-17)16(21)19-9-5-6-10-19/h14H,3-13H2,1-2H3. The number of rotatable bonds is 5. The lowest BCUT2D eigenvalue weighted by atomic mass is 9.95. The summed E-state index contributed by atoms with van der Waals surface area (Å²) in [6.45, 7) is 9.73. The third-order valence-corrected chi connectivity index (χ3v) is 4.83. The Bertz CT molecular complexity index is 355. The largest absolute Gasteiger partial charge is 0.342 e. The molecular weight excluding hydrogens is 266 g/mol. The van der Waals surface area contributed by atoms with E-state index in [0.29, 0.717) is 12.5 Å². The number of amides is 2. The van der Waals surface area contributed by atoms with E-state index in [1.54, 1.807) is 0 Å². The molecule has 0 saturated carbocycles. The lowest BCUT2D eigenvalue weighted by molar-refractivity contribution is -0.136. The summed E-state index contributed by atoms with van der Waals surface area (Å²) in [5, 5.41) is 0. The third kappa shape index (κ3) is 4.19. The van der Waals surface area contributed by atoms with Crippen molar-refractivity contribution < 1.29 is 9.59 Å². The van der Waals surface area contributed by atoms with Gasteiger partial charge < -0.3 is 9.80 Å². The Hall–Kier alpha value is -1.10. The van der Waals surface area contributed by atoms with E-state index in [9.17, 15) is 9.59 Å². The minimum atomic E-state index is 0.183. The van der Waals surface area contributed by atoms with Crippen molar-refractivity contribution in [3.8, 4) is 0 Å². The second-order valence-electron chi connectivity index (χ2n) is 6.15. The van der Waals surface area contributed by atoms with Gasteiger partial charge in [0.2, 0.25) is 11.8 Å². The van der Waals surface area contributed by atoms with Crippen molar-refractivity contribution in [2.24, 2.45) is 5.92 Å². The van der Waals surface area contributed by atoms with Crippen LogP contribution >= 0.6 is 0 Å². The predicted molar refractivity (Wildman–Crippen MR) is 82.9 cm³/mol. The number of carbonyl (C=O) groups excluding carboxylic acids is 2. The zero-order valence-corrected chi connectivity index (χ0v) is 13.5. The van der Waals surface area contributed by atoms with Gasteiger partial charge in [-0.2, -0.15) is 0 Å². The minimum absolute atomic E-state index is 0.183. The van der Waals surface area contributed by atoms with Gasteiger partial charge in [0.15, 0.2) is 0 Å². The molecule has 2 amide bonds. The number of carbonyl (C=O) groups is 2. The van der Waals surface area contributed by atoms with E-state index in [-0.39, 0.29) is 11.8 Å². The highest BCUT2D eigenvalue weighted by molar-refractivity contribution is 5.79. The smallest absolute Gasteiger partial charge is 0.236 e. The molecule has 2 aliphatic heterocycles. The SMILES string of the molecule is CCN(CC)C(=O)CN1CCC(C(=O)N2CCCC2)CC1. The van der Waals surface area contributed by atoms with Crippen LogP contribution in [0.2, 0.25) is 0 Å². The molecule has 5 heteroatoms. The van der Waals surface area contributed by atoms with E-state index in [1.165, 1.54) is 0 Å². The molecule has 0 unspecified atom stereocenters.